The number of rotatable bonds is 3. The summed E-state index contributed by atoms with van der Waals surface area (Å²) in [5, 5.41) is 21.6. The van der Waals surface area contributed by atoms with Gasteiger partial charge in [0.25, 0.3) is 0 Å². The van der Waals surface area contributed by atoms with Gasteiger partial charge < -0.3 is 14.9 Å². The monoisotopic (exact) mass is 501 g/mol. The first kappa shape index (κ1) is 22.7. The van der Waals surface area contributed by atoms with Crippen LogP contribution in [0, 0.1) is 17.8 Å². The van der Waals surface area contributed by atoms with Crippen LogP contribution in [0.25, 0.3) is 0 Å². The van der Waals surface area contributed by atoms with Crippen LogP contribution in [0.2, 0.25) is 0 Å². The van der Waals surface area contributed by atoms with E-state index in [0.29, 0.717) is 41.7 Å². The minimum absolute atomic E-state index is 0.143. The van der Waals surface area contributed by atoms with Crippen LogP contribution in [0.1, 0.15) is 46.5 Å². The molecule has 0 amide bonds. The number of benzene rings is 1. The fourth-order valence-corrected chi connectivity index (χ4v) is 8.06. The summed E-state index contributed by atoms with van der Waals surface area (Å²) in [6.07, 6.45) is 1.79. The summed E-state index contributed by atoms with van der Waals surface area (Å²) in [4.78, 5) is 0.291. The second-order valence-corrected chi connectivity index (χ2v) is 12.6. The highest BCUT2D eigenvalue weighted by Crippen LogP contribution is 2.52. The van der Waals surface area contributed by atoms with E-state index in [0.717, 1.165) is 6.42 Å². The first-order valence-electron chi connectivity index (χ1n) is 10.8. The van der Waals surface area contributed by atoms with E-state index >= 15 is 0 Å². The molecule has 3 aliphatic rings. The maximum absolute atomic E-state index is 13.1. The maximum Gasteiger partial charge on any atom is 0.244 e. The fraction of sp³-hybridized carbons (Fsp3) is 0.727. The number of hydrogen-bond donors (Lipinski definition) is 2. The van der Waals surface area contributed by atoms with Gasteiger partial charge in [-0.2, -0.15) is 4.31 Å². The molecule has 3 fully saturated rings. The van der Waals surface area contributed by atoms with E-state index in [1.54, 1.807) is 35.5 Å². The van der Waals surface area contributed by atoms with Gasteiger partial charge in [0.15, 0.2) is 0 Å². The zero-order valence-corrected chi connectivity index (χ0v) is 20.2. The van der Waals surface area contributed by atoms with E-state index in [1.165, 1.54) is 0 Å². The second-order valence-electron chi connectivity index (χ2n) is 9.87. The molecule has 2 N–H and O–H groups in total. The van der Waals surface area contributed by atoms with Gasteiger partial charge in [0.1, 0.15) is 0 Å². The SMILES string of the molecule is CC1(C)O[C@@H](C2CCN(S(=O)(=O)c3ccccc3Br)CC2)[C@@H]2C[C@H]1C[C@H](O)[C@@]2(C)O. The van der Waals surface area contributed by atoms with Crippen LogP contribution in [0.5, 0.6) is 0 Å². The van der Waals surface area contributed by atoms with Gasteiger partial charge in [-0.15, -0.1) is 0 Å². The van der Waals surface area contributed by atoms with Crippen molar-refractivity contribution in [1.82, 2.24) is 4.31 Å². The maximum atomic E-state index is 13.1. The van der Waals surface area contributed by atoms with Gasteiger partial charge in [-0.3, -0.25) is 0 Å². The normalized spacial score (nSPS) is 37.8. The average molecular weight is 502 g/mol. The number of nitrogens with zero attached hydrogens (tertiary/aromatic N) is 1. The summed E-state index contributed by atoms with van der Waals surface area (Å²) in [5.41, 5.74) is -1.55. The Labute approximate surface area is 187 Å². The lowest BCUT2D eigenvalue weighted by atomic mass is 9.60. The topological polar surface area (TPSA) is 87.1 Å². The smallest absolute Gasteiger partial charge is 0.244 e. The number of ether oxygens (including phenoxy) is 1. The molecule has 1 aromatic carbocycles. The molecule has 2 heterocycles. The van der Waals surface area contributed by atoms with Crippen molar-refractivity contribution in [1.29, 1.82) is 0 Å². The van der Waals surface area contributed by atoms with Crippen LogP contribution >= 0.6 is 15.9 Å². The number of hydrogen-bond acceptors (Lipinski definition) is 5. The Bertz CT molecular complexity index is 895. The molecule has 6 nitrogen and oxygen atoms in total. The zero-order chi connectivity index (χ0) is 21.9. The largest absolute Gasteiger partial charge is 0.390 e. The minimum atomic E-state index is -3.56. The molecule has 0 radical (unpaired) electrons. The van der Waals surface area contributed by atoms with Crippen molar-refractivity contribution in [3.63, 3.8) is 0 Å². The van der Waals surface area contributed by atoms with Gasteiger partial charge in [0.05, 0.1) is 28.3 Å². The number of halogens is 1. The molecule has 1 aromatic rings. The molecule has 4 rings (SSSR count). The van der Waals surface area contributed by atoms with Gasteiger partial charge in [-0.1, -0.05) is 12.1 Å². The van der Waals surface area contributed by atoms with Crippen molar-refractivity contribution in [3.8, 4) is 0 Å². The van der Waals surface area contributed by atoms with Crippen LogP contribution < -0.4 is 0 Å². The fourth-order valence-electron chi connectivity index (χ4n) is 5.62. The predicted octanol–water partition coefficient (Wildman–Crippen LogP) is 3.17. The highest BCUT2D eigenvalue weighted by atomic mass is 79.9. The lowest BCUT2D eigenvalue weighted by molar-refractivity contribution is -0.271. The summed E-state index contributed by atoms with van der Waals surface area (Å²) in [5.74, 6) is 0.221. The van der Waals surface area contributed by atoms with Crippen molar-refractivity contribution in [3.05, 3.63) is 28.7 Å². The molecular weight excluding hydrogens is 470 g/mol. The number of aliphatic hydroxyl groups excluding tert-OH is 1. The number of piperidine rings is 1. The number of sulfonamides is 1. The van der Waals surface area contributed by atoms with Crippen molar-refractivity contribution in [2.24, 2.45) is 17.8 Å². The molecule has 2 aliphatic heterocycles. The quantitative estimate of drug-likeness (QED) is 0.663. The second kappa shape index (κ2) is 7.81. The molecule has 5 atom stereocenters. The molecule has 0 unspecified atom stereocenters. The molecule has 2 saturated heterocycles. The van der Waals surface area contributed by atoms with E-state index < -0.39 is 21.7 Å². The summed E-state index contributed by atoms with van der Waals surface area (Å²) >= 11 is 3.36. The molecular formula is C22H32BrNO5S. The highest BCUT2D eigenvalue weighted by Gasteiger charge is 2.58. The zero-order valence-electron chi connectivity index (χ0n) is 17.8. The van der Waals surface area contributed by atoms with Crippen molar-refractivity contribution >= 4 is 26.0 Å². The summed E-state index contributed by atoms with van der Waals surface area (Å²) < 4.78 is 34.9. The Morgan fingerprint density at radius 1 is 1.13 bits per heavy atom. The van der Waals surface area contributed by atoms with Crippen LogP contribution in [-0.4, -0.2) is 59.4 Å². The Balaban J connectivity index is 1.51. The molecule has 1 aliphatic carbocycles. The van der Waals surface area contributed by atoms with Crippen LogP contribution in [0.15, 0.2) is 33.6 Å². The van der Waals surface area contributed by atoms with Crippen molar-refractivity contribution < 1.29 is 23.4 Å². The molecule has 2 bridgehead atoms. The van der Waals surface area contributed by atoms with E-state index in [9.17, 15) is 18.6 Å². The third kappa shape index (κ3) is 3.77. The summed E-state index contributed by atoms with van der Waals surface area (Å²) in [7, 11) is -3.56. The number of fused-ring (bicyclic) bond motifs is 2. The van der Waals surface area contributed by atoms with Crippen LogP contribution in [0.3, 0.4) is 0 Å². The first-order valence-corrected chi connectivity index (χ1v) is 13.0. The third-order valence-electron chi connectivity index (χ3n) is 7.71. The van der Waals surface area contributed by atoms with E-state index in [-0.39, 0.29) is 29.5 Å². The predicted molar refractivity (Wildman–Crippen MR) is 117 cm³/mol. The molecule has 30 heavy (non-hydrogen) atoms. The minimum Gasteiger partial charge on any atom is -0.390 e. The Morgan fingerprint density at radius 2 is 1.77 bits per heavy atom. The van der Waals surface area contributed by atoms with Gasteiger partial charge in [-0.05, 0) is 86.4 Å². The Hall–Kier alpha value is -0.510. The van der Waals surface area contributed by atoms with E-state index in [4.69, 9.17) is 4.74 Å². The standard InChI is InChI=1S/C22H32BrNO5S/c1-21(2)15-12-16(22(3,26)19(25)13-15)20(29-21)14-8-10-24(11-9-14)30(27,28)18-7-5-4-6-17(18)23/h4-7,14-16,19-20,25-26H,8-13H2,1-3H3/t15-,16-,19-,20-,22-/m0/s1. The van der Waals surface area contributed by atoms with E-state index in [2.05, 4.69) is 29.8 Å². The van der Waals surface area contributed by atoms with E-state index in [1.807, 2.05) is 0 Å². The van der Waals surface area contributed by atoms with Gasteiger partial charge in [0, 0.05) is 23.5 Å². The Morgan fingerprint density at radius 3 is 2.40 bits per heavy atom. The van der Waals surface area contributed by atoms with Crippen LogP contribution in [0.4, 0.5) is 0 Å². The molecule has 0 spiro atoms. The first-order chi connectivity index (χ1) is 13.9. The molecule has 8 heteroatoms. The van der Waals surface area contributed by atoms with Crippen molar-refractivity contribution in [2.45, 2.75) is 74.8 Å². The van der Waals surface area contributed by atoms with Gasteiger partial charge >= 0.3 is 0 Å². The molecule has 168 valence electrons. The van der Waals surface area contributed by atoms with Gasteiger partial charge in [-0.25, -0.2) is 8.42 Å². The Kier molecular flexibility index (Phi) is 5.91. The van der Waals surface area contributed by atoms with Gasteiger partial charge in [0.2, 0.25) is 10.0 Å². The highest BCUT2D eigenvalue weighted by molar-refractivity contribution is 9.10. The number of aliphatic hydroxyl groups is 2. The third-order valence-corrected chi connectivity index (χ3v) is 10.6. The average Bonchev–Trinajstić information content (AvgIpc) is 2.68. The molecule has 1 saturated carbocycles. The molecule has 0 aromatic heterocycles. The van der Waals surface area contributed by atoms with Crippen molar-refractivity contribution in [2.75, 3.05) is 13.1 Å². The lowest BCUT2D eigenvalue weighted by Gasteiger charge is -2.58. The van der Waals surface area contributed by atoms with Crippen LogP contribution in [-0.2, 0) is 14.8 Å². The summed E-state index contributed by atoms with van der Waals surface area (Å²) in [6.45, 7) is 6.71. The lowest BCUT2D eigenvalue weighted by Crippen LogP contribution is -2.65. The summed E-state index contributed by atoms with van der Waals surface area (Å²) in [6, 6.07) is 6.90.